The lowest BCUT2D eigenvalue weighted by atomic mass is 9.83. The molecule has 0 amide bonds. The second-order valence-corrected chi connectivity index (χ2v) is 6.85. The molecule has 27 heavy (non-hydrogen) atoms. The van der Waals surface area contributed by atoms with Crippen LogP contribution in [0.5, 0.6) is 11.5 Å². The van der Waals surface area contributed by atoms with Gasteiger partial charge in [0.25, 0.3) is 0 Å². The Labute approximate surface area is 157 Å². The fourth-order valence-corrected chi connectivity index (χ4v) is 3.54. The monoisotopic (exact) mass is 369 g/mol. The van der Waals surface area contributed by atoms with E-state index in [1.807, 2.05) is 0 Å². The zero-order valence-corrected chi connectivity index (χ0v) is 15.2. The summed E-state index contributed by atoms with van der Waals surface area (Å²) in [5.74, 6) is 0.806. The number of nitrogens with zero attached hydrogens (tertiary/aromatic N) is 1. The fraction of sp³-hybridized carbons (Fsp3) is 0.350. The summed E-state index contributed by atoms with van der Waals surface area (Å²) in [7, 11) is 0.719. The number of allylic oxidation sites excluding steroid dienone is 1. The van der Waals surface area contributed by atoms with E-state index in [1.165, 1.54) is 12.3 Å². The largest absolute Gasteiger partial charge is 0.541 e. The number of benzene rings is 1. The van der Waals surface area contributed by atoms with Crippen molar-refractivity contribution in [3.8, 4) is 22.8 Å². The number of rotatable bonds is 5. The van der Waals surface area contributed by atoms with Gasteiger partial charge in [-0.2, -0.15) is 0 Å². The summed E-state index contributed by atoms with van der Waals surface area (Å²) < 4.78 is 31.1. The number of aromatic nitrogens is 1. The first-order chi connectivity index (χ1) is 13.1. The molecule has 140 valence electrons. The molecule has 0 spiro atoms. The maximum Gasteiger partial charge on any atom is 0.527 e. The first-order valence-corrected chi connectivity index (χ1v) is 9.18. The van der Waals surface area contributed by atoms with Crippen molar-refractivity contribution in [2.75, 3.05) is 7.11 Å². The average Bonchev–Trinajstić information content (AvgIpc) is 3.34. The molecule has 0 saturated heterocycles. The number of methoxy groups -OCH3 is 1. The Morgan fingerprint density at radius 1 is 1.19 bits per heavy atom. The van der Waals surface area contributed by atoms with Gasteiger partial charge in [0.15, 0.2) is 11.5 Å². The normalized spacial score (nSPS) is 17.0. The van der Waals surface area contributed by atoms with E-state index in [2.05, 4.69) is 4.98 Å². The predicted molar refractivity (Wildman–Crippen MR) is 101 cm³/mol. The lowest BCUT2D eigenvalue weighted by Crippen LogP contribution is -2.11. The van der Waals surface area contributed by atoms with Gasteiger partial charge >= 0.3 is 7.12 Å². The third-order valence-corrected chi connectivity index (χ3v) is 4.97. The van der Waals surface area contributed by atoms with Gasteiger partial charge in [-0.3, -0.25) is 0 Å². The SMILES string of the molecule is COc1ccc(-c2nc(C3=COB(O)C3)ccc2F)cc1OC1CCCC1. The highest BCUT2D eigenvalue weighted by molar-refractivity contribution is 6.47. The van der Waals surface area contributed by atoms with Gasteiger partial charge in [0.2, 0.25) is 0 Å². The van der Waals surface area contributed by atoms with Crippen molar-refractivity contribution in [3.63, 3.8) is 0 Å². The minimum atomic E-state index is -0.872. The summed E-state index contributed by atoms with van der Waals surface area (Å²) in [6.07, 6.45) is 6.33. The van der Waals surface area contributed by atoms with Crippen LogP contribution in [0.2, 0.25) is 6.32 Å². The second-order valence-electron chi connectivity index (χ2n) is 6.85. The van der Waals surface area contributed by atoms with Crippen LogP contribution in [0.4, 0.5) is 4.39 Å². The second kappa shape index (κ2) is 7.60. The number of ether oxygens (including phenoxy) is 2. The average molecular weight is 369 g/mol. The van der Waals surface area contributed by atoms with Crippen LogP contribution in [0.25, 0.3) is 16.8 Å². The third kappa shape index (κ3) is 3.78. The number of pyridine rings is 1. The van der Waals surface area contributed by atoms with Crippen molar-refractivity contribution in [2.24, 2.45) is 0 Å². The van der Waals surface area contributed by atoms with Gasteiger partial charge in [0.1, 0.15) is 11.5 Å². The standard InChI is InChI=1S/C20H21BFNO4/c1-25-18-9-6-13(10-19(18)27-15-4-2-3-5-15)20-16(22)7-8-17(23-20)14-11-21(24)26-12-14/h6-10,12,15,24H,2-5,11H2,1H3. The molecule has 7 heteroatoms. The molecular weight excluding hydrogens is 348 g/mol. The smallest absolute Gasteiger partial charge is 0.527 e. The molecule has 4 rings (SSSR count). The van der Waals surface area contributed by atoms with Crippen molar-refractivity contribution in [2.45, 2.75) is 38.1 Å². The molecule has 1 aromatic heterocycles. The molecule has 1 aromatic carbocycles. The van der Waals surface area contributed by atoms with Crippen LogP contribution in [0.3, 0.4) is 0 Å². The van der Waals surface area contributed by atoms with Gasteiger partial charge in [-0.25, -0.2) is 9.37 Å². The predicted octanol–water partition coefficient (Wildman–Crippen LogP) is 4.07. The summed E-state index contributed by atoms with van der Waals surface area (Å²) >= 11 is 0. The number of hydrogen-bond donors (Lipinski definition) is 1. The Morgan fingerprint density at radius 3 is 2.70 bits per heavy atom. The van der Waals surface area contributed by atoms with E-state index in [4.69, 9.17) is 14.1 Å². The lowest BCUT2D eigenvalue weighted by molar-refractivity contribution is 0.201. The van der Waals surface area contributed by atoms with Crippen LogP contribution in [0, 0.1) is 5.82 Å². The molecule has 0 bridgehead atoms. The van der Waals surface area contributed by atoms with Crippen LogP contribution in [-0.4, -0.2) is 30.3 Å². The Balaban J connectivity index is 1.68. The number of halogens is 1. The van der Waals surface area contributed by atoms with Crippen molar-refractivity contribution in [1.82, 2.24) is 4.98 Å². The third-order valence-electron chi connectivity index (χ3n) is 4.97. The molecule has 2 aromatic rings. The Bertz CT molecular complexity index is 867. The van der Waals surface area contributed by atoms with Gasteiger partial charge in [-0.1, -0.05) is 0 Å². The molecule has 5 nitrogen and oxygen atoms in total. The van der Waals surface area contributed by atoms with Crippen molar-refractivity contribution in [3.05, 3.63) is 48.1 Å². The molecule has 1 fully saturated rings. The zero-order chi connectivity index (χ0) is 18.8. The number of hydrogen-bond acceptors (Lipinski definition) is 5. The van der Waals surface area contributed by atoms with Crippen molar-refractivity contribution < 1.29 is 23.5 Å². The van der Waals surface area contributed by atoms with Crippen LogP contribution in [-0.2, 0) is 4.65 Å². The molecule has 1 aliphatic heterocycles. The van der Waals surface area contributed by atoms with E-state index in [-0.39, 0.29) is 11.8 Å². The van der Waals surface area contributed by atoms with Crippen LogP contribution in [0.15, 0.2) is 36.6 Å². The van der Waals surface area contributed by atoms with Gasteiger partial charge in [0, 0.05) is 17.5 Å². The first kappa shape index (κ1) is 17.9. The summed E-state index contributed by atoms with van der Waals surface area (Å²) in [5, 5.41) is 9.53. The molecule has 1 N–H and O–H groups in total. The van der Waals surface area contributed by atoms with Gasteiger partial charge < -0.3 is 19.2 Å². The lowest BCUT2D eigenvalue weighted by Gasteiger charge is -2.17. The summed E-state index contributed by atoms with van der Waals surface area (Å²) in [6.45, 7) is 0. The van der Waals surface area contributed by atoms with E-state index in [0.29, 0.717) is 29.1 Å². The highest BCUT2D eigenvalue weighted by Gasteiger charge is 2.25. The van der Waals surface area contributed by atoms with Crippen LogP contribution < -0.4 is 9.47 Å². The molecule has 1 aliphatic carbocycles. The molecule has 0 unspecified atom stereocenters. The van der Waals surface area contributed by atoms with Gasteiger partial charge in [0.05, 0.1) is 25.2 Å². The first-order valence-electron chi connectivity index (χ1n) is 9.18. The highest BCUT2D eigenvalue weighted by atomic mass is 19.1. The van der Waals surface area contributed by atoms with Gasteiger partial charge in [-0.15, -0.1) is 0 Å². The van der Waals surface area contributed by atoms with Crippen LogP contribution in [0.1, 0.15) is 31.4 Å². The molecular formula is C20H21BFNO4. The molecule has 1 saturated carbocycles. The Kier molecular flexibility index (Phi) is 5.03. The topological polar surface area (TPSA) is 60.8 Å². The van der Waals surface area contributed by atoms with Crippen molar-refractivity contribution >= 4 is 12.7 Å². The molecule has 0 radical (unpaired) electrons. The Morgan fingerprint density at radius 2 is 2.00 bits per heavy atom. The van der Waals surface area contributed by atoms with E-state index in [0.717, 1.165) is 31.3 Å². The van der Waals surface area contributed by atoms with Crippen molar-refractivity contribution in [1.29, 1.82) is 0 Å². The fourth-order valence-electron chi connectivity index (χ4n) is 3.54. The quantitative estimate of drug-likeness (QED) is 0.806. The minimum absolute atomic E-state index is 0.167. The summed E-state index contributed by atoms with van der Waals surface area (Å²) in [5.41, 5.74) is 2.16. The summed E-state index contributed by atoms with van der Waals surface area (Å²) in [6, 6.07) is 8.29. The maximum absolute atomic E-state index is 14.5. The van der Waals surface area contributed by atoms with Gasteiger partial charge in [-0.05, 0) is 56.0 Å². The van der Waals surface area contributed by atoms with Crippen LogP contribution >= 0.6 is 0 Å². The molecule has 2 heterocycles. The van der Waals surface area contributed by atoms with E-state index in [9.17, 15) is 9.41 Å². The molecule has 2 aliphatic rings. The minimum Gasteiger partial charge on any atom is -0.541 e. The molecule has 0 atom stereocenters. The zero-order valence-electron chi connectivity index (χ0n) is 15.2. The summed E-state index contributed by atoms with van der Waals surface area (Å²) in [4.78, 5) is 4.46. The Hall–Kier alpha value is -2.54. The van der Waals surface area contributed by atoms with E-state index < -0.39 is 12.9 Å². The van der Waals surface area contributed by atoms with E-state index in [1.54, 1.807) is 31.4 Å². The van der Waals surface area contributed by atoms with E-state index >= 15 is 0 Å². The maximum atomic E-state index is 14.5. The highest BCUT2D eigenvalue weighted by Crippen LogP contribution is 2.36.